The molecule has 9 heteroatoms. The molecule has 3 aromatic rings. The number of nitrogens with zero attached hydrogens (tertiary/aromatic N) is 3. The van der Waals surface area contributed by atoms with E-state index >= 15 is 0 Å². The van der Waals surface area contributed by atoms with E-state index < -0.39 is 11.8 Å². The average molecular weight is 418 g/mol. The lowest BCUT2D eigenvalue weighted by Gasteiger charge is -2.40. The second-order valence-electron chi connectivity index (χ2n) is 7.06. The van der Waals surface area contributed by atoms with Crippen LogP contribution < -0.4 is 11.1 Å². The number of carbonyl (C=O) groups is 1. The first-order valence-corrected chi connectivity index (χ1v) is 9.36. The summed E-state index contributed by atoms with van der Waals surface area (Å²) in [5.41, 5.74) is 7.04. The van der Waals surface area contributed by atoms with Gasteiger partial charge in [-0.3, -0.25) is 9.69 Å². The van der Waals surface area contributed by atoms with Crippen molar-refractivity contribution >= 4 is 34.2 Å². The number of hydrogen-bond acceptors (Lipinski definition) is 5. The van der Waals surface area contributed by atoms with Crippen LogP contribution in [-0.4, -0.2) is 46.3 Å². The Balaban J connectivity index is 1.68. The molecular formula is C20H18ClF2N5O. The van der Waals surface area contributed by atoms with Gasteiger partial charge in [0.1, 0.15) is 12.1 Å². The van der Waals surface area contributed by atoms with Gasteiger partial charge < -0.3 is 11.1 Å². The Kier molecular flexibility index (Phi) is 5.06. The van der Waals surface area contributed by atoms with Crippen molar-refractivity contribution in [2.45, 2.75) is 12.0 Å². The third-order valence-electron chi connectivity index (χ3n) is 4.86. The number of primary amides is 1. The van der Waals surface area contributed by atoms with Crippen LogP contribution in [0.15, 0.2) is 48.8 Å². The Morgan fingerprint density at radius 1 is 1.21 bits per heavy atom. The Labute approximate surface area is 170 Å². The minimum Gasteiger partial charge on any atom is -0.366 e. The SMILES string of the molecule is NC(=O)c1cccc2c(NC(CN3CC(F)(F)C3)c3ccc(Cl)cc3)ncnc12. The molecule has 1 unspecified atom stereocenters. The second kappa shape index (κ2) is 7.53. The van der Waals surface area contributed by atoms with Crippen molar-refractivity contribution < 1.29 is 13.6 Å². The van der Waals surface area contributed by atoms with Gasteiger partial charge in [-0.05, 0) is 29.8 Å². The molecule has 0 aliphatic carbocycles. The summed E-state index contributed by atoms with van der Waals surface area (Å²) in [5, 5.41) is 4.52. The number of nitrogens with two attached hydrogens (primary N) is 1. The lowest BCUT2D eigenvalue weighted by Crippen LogP contribution is -2.57. The highest BCUT2D eigenvalue weighted by Gasteiger charge is 2.44. The van der Waals surface area contributed by atoms with E-state index in [1.54, 1.807) is 35.2 Å². The lowest BCUT2D eigenvalue weighted by molar-refractivity contribution is -0.131. The number of nitrogens with one attached hydrogen (secondary N) is 1. The third-order valence-corrected chi connectivity index (χ3v) is 5.12. The summed E-state index contributed by atoms with van der Waals surface area (Å²) in [7, 11) is 0. The molecule has 29 heavy (non-hydrogen) atoms. The maximum absolute atomic E-state index is 13.3. The standard InChI is InChI=1S/C20H18ClF2N5O/c21-13-6-4-12(5-7-13)16(8-28-9-20(22,23)10-28)27-19-15-3-1-2-14(18(24)29)17(15)25-11-26-19/h1-7,11,16H,8-10H2,(H2,24,29)(H,25,26,27). The molecule has 1 aromatic heterocycles. The van der Waals surface area contributed by atoms with Gasteiger partial charge in [0.25, 0.3) is 11.8 Å². The van der Waals surface area contributed by atoms with Crippen LogP contribution in [0.2, 0.25) is 5.02 Å². The summed E-state index contributed by atoms with van der Waals surface area (Å²) < 4.78 is 26.6. The van der Waals surface area contributed by atoms with Crippen LogP contribution in [0.3, 0.4) is 0 Å². The van der Waals surface area contributed by atoms with Gasteiger partial charge in [-0.25, -0.2) is 18.7 Å². The molecule has 150 valence electrons. The van der Waals surface area contributed by atoms with Crippen molar-refractivity contribution in [2.24, 2.45) is 5.73 Å². The van der Waals surface area contributed by atoms with Crippen LogP contribution in [0.1, 0.15) is 22.0 Å². The first-order chi connectivity index (χ1) is 13.8. The van der Waals surface area contributed by atoms with E-state index in [9.17, 15) is 13.6 Å². The van der Waals surface area contributed by atoms with E-state index in [2.05, 4.69) is 15.3 Å². The largest absolute Gasteiger partial charge is 0.366 e. The first kappa shape index (κ1) is 19.5. The van der Waals surface area contributed by atoms with Gasteiger partial charge in [0.05, 0.1) is 30.2 Å². The normalized spacial score (nSPS) is 16.9. The van der Waals surface area contributed by atoms with Gasteiger partial charge in [-0.2, -0.15) is 0 Å². The number of aromatic nitrogens is 2. The molecule has 0 bridgehead atoms. The Morgan fingerprint density at radius 3 is 2.59 bits per heavy atom. The Bertz CT molecular complexity index is 1050. The van der Waals surface area contributed by atoms with Crippen LogP contribution >= 0.6 is 11.6 Å². The van der Waals surface area contributed by atoms with E-state index in [-0.39, 0.29) is 19.1 Å². The van der Waals surface area contributed by atoms with E-state index in [0.717, 1.165) is 5.56 Å². The second-order valence-corrected chi connectivity index (χ2v) is 7.50. The van der Waals surface area contributed by atoms with Crippen LogP contribution in [0.4, 0.5) is 14.6 Å². The van der Waals surface area contributed by atoms with Crippen molar-refractivity contribution in [3.63, 3.8) is 0 Å². The topological polar surface area (TPSA) is 84.1 Å². The van der Waals surface area contributed by atoms with Crippen LogP contribution in [0, 0.1) is 0 Å². The fourth-order valence-corrected chi connectivity index (χ4v) is 3.62. The predicted molar refractivity (Wildman–Crippen MR) is 107 cm³/mol. The zero-order valence-electron chi connectivity index (χ0n) is 15.3. The van der Waals surface area contributed by atoms with Crippen molar-refractivity contribution in [1.29, 1.82) is 0 Å². The Morgan fingerprint density at radius 2 is 1.93 bits per heavy atom. The van der Waals surface area contributed by atoms with Crippen molar-refractivity contribution in [1.82, 2.24) is 14.9 Å². The summed E-state index contributed by atoms with van der Waals surface area (Å²) in [6.07, 6.45) is 1.34. The quantitative estimate of drug-likeness (QED) is 0.641. The number of rotatable bonds is 6. The van der Waals surface area contributed by atoms with E-state index in [1.807, 2.05) is 12.1 Å². The average Bonchev–Trinajstić information content (AvgIpc) is 2.66. The molecule has 2 heterocycles. The van der Waals surface area contributed by atoms with E-state index in [4.69, 9.17) is 17.3 Å². The maximum Gasteiger partial charge on any atom is 0.272 e. The molecule has 0 radical (unpaired) electrons. The highest BCUT2D eigenvalue weighted by Crippen LogP contribution is 2.31. The van der Waals surface area contributed by atoms with Gasteiger partial charge in [0, 0.05) is 17.0 Å². The fraction of sp³-hybridized carbons (Fsp3) is 0.250. The molecule has 6 nitrogen and oxygen atoms in total. The number of para-hydroxylation sites is 1. The van der Waals surface area contributed by atoms with Gasteiger partial charge in [0.15, 0.2) is 0 Å². The molecule has 1 aliphatic heterocycles. The zero-order chi connectivity index (χ0) is 20.6. The molecule has 0 spiro atoms. The third kappa shape index (κ3) is 4.13. The van der Waals surface area contributed by atoms with Gasteiger partial charge in [0.2, 0.25) is 0 Å². The van der Waals surface area contributed by atoms with Crippen molar-refractivity contribution in [3.05, 3.63) is 64.9 Å². The number of hydrogen-bond donors (Lipinski definition) is 2. The summed E-state index contributed by atoms with van der Waals surface area (Å²) >= 11 is 5.99. The highest BCUT2D eigenvalue weighted by molar-refractivity contribution is 6.30. The molecule has 1 saturated heterocycles. The van der Waals surface area contributed by atoms with Gasteiger partial charge >= 0.3 is 0 Å². The summed E-state index contributed by atoms with van der Waals surface area (Å²) in [4.78, 5) is 21.9. The maximum atomic E-state index is 13.3. The number of anilines is 1. The number of fused-ring (bicyclic) bond motifs is 1. The minimum absolute atomic E-state index is 0.283. The van der Waals surface area contributed by atoms with Crippen molar-refractivity contribution in [2.75, 3.05) is 25.0 Å². The monoisotopic (exact) mass is 417 g/mol. The number of likely N-dealkylation sites (tertiary alicyclic amines) is 1. The smallest absolute Gasteiger partial charge is 0.272 e. The number of halogens is 3. The van der Waals surface area contributed by atoms with Crippen LogP contribution in [0.25, 0.3) is 10.9 Å². The minimum atomic E-state index is -2.65. The highest BCUT2D eigenvalue weighted by atomic mass is 35.5. The van der Waals surface area contributed by atoms with Gasteiger partial charge in [-0.1, -0.05) is 29.8 Å². The van der Waals surface area contributed by atoms with E-state index in [1.165, 1.54) is 6.33 Å². The fourth-order valence-electron chi connectivity index (χ4n) is 3.49. The number of benzene rings is 2. The van der Waals surface area contributed by atoms with Crippen LogP contribution in [-0.2, 0) is 0 Å². The molecule has 2 aromatic carbocycles. The molecular weight excluding hydrogens is 400 g/mol. The summed E-state index contributed by atoms with van der Waals surface area (Å²) in [6, 6.07) is 11.9. The van der Waals surface area contributed by atoms with Crippen molar-refractivity contribution in [3.8, 4) is 0 Å². The number of carbonyl (C=O) groups excluding carboxylic acids is 1. The molecule has 3 N–H and O–H groups in total. The molecule has 1 fully saturated rings. The predicted octanol–water partition coefficient (Wildman–Crippen LogP) is 3.49. The summed E-state index contributed by atoms with van der Waals surface area (Å²) in [6.45, 7) is -0.206. The molecule has 1 aliphatic rings. The first-order valence-electron chi connectivity index (χ1n) is 8.98. The molecule has 1 atom stereocenters. The van der Waals surface area contributed by atoms with Gasteiger partial charge in [-0.15, -0.1) is 0 Å². The number of alkyl halides is 2. The van der Waals surface area contributed by atoms with E-state index in [0.29, 0.717) is 33.9 Å². The lowest BCUT2D eigenvalue weighted by atomic mass is 10.0. The van der Waals surface area contributed by atoms with Crippen LogP contribution in [0.5, 0.6) is 0 Å². The Hall–Kier alpha value is -2.84. The number of amides is 1. The molecule has 4 rings (SSSR count). The summed E-state index contributed by atoms with van der Waals surface area (Å²) in [5.74, 6) is -2.75. The molecule has 1 amide bonds. The molecule has 0 saturated carbocycles. The zero-order valence-corrected chi connectivity index (χ0v) is 16.0.